The van der Waals surface area contributed by atoms with Crippen LogP contribution in [-0.4, -0.2) is 60.2 Å². The number of rotatable bonds is 7. The first kappa shape index (κ1) is 19.7. The summed E-state index contributed by atoms with van der Waals surface area (Å²) in [7, 11) is 1.83. The van der Waals surface area contributed by atoms with E-state index in [2.05, 4.69) is 62.1 Å². The average molecular weight is 371 g/mol. The molecule has 1 aliphatic heterocycles. The molecule has 0 radical (unpaired) electrons. The number of nitrogens with one attached hydrogen (secondary N) is 2. The molecule has 1 aromatic carbocycles. The molecular weight excluding hydrogens is 336 g/mol. The summed E-state index contributed by atoms with van der Waals surface area (Å²) in [5.41, 5.74) is 2.25. The van der Waals surface area contributed by atoms with Crippen molar-refractivity contribution in [1.82, 2.24) is 25.1 Å². The fraction of sp³-hybridized carbons (Fsp3) is 0.619. The van der Waals surface area contributed by atoms with E-state index in [1.807, 2.05) is 13.1 Å². The minimum Gasteiger partial charge on any atom is -0.356 e. The first-order valence-corrected chi connectivity index (χ1v) is 10.3. The van der Waals surface area contributed by atoms with Crippen LogP contribution in [0.1, 0.15) is 32.0 Å². The minimum absolute atomic E-state index is 0.824. The number of nitrogens with zero attached hydrogens (tertiary/aromatic N) is 4. The van der Waals surface area contributed by atoms with Gasteiger partial charge in [-0.25, -0.2) is 4.98 Å². The van der Waals surface area contributed by atoms with E-state index in [0.29, 0.717) is 0 Å². The van der Waals surface area contributed by atoms with Gasteiger partial charge in [-0.1, -0.05) is 19.1 Å². The van der Waals surface area contributed by atoms with Gasteiger partial charge in [-0.15, -0.1) is 0 Å². The number of fused-ring (bicyclic) bond motifs is 1. The van der Waals surface area contributed by atoms with Gasteiger partial charge in [-0.2, -0.15) is 0 Å². The molecule has 0 saturated carbocycles. The van der Waals surface area contributed by atoms with E-state index in [-0.39, 0.29) is 0 Å². The largest absolute Gasteiger partial charge is 0.356 e. The molecule has 27 heavy (non-hydrogen) atoms. The van der Waals surface area contributed by atoms with Crippen molar-refractivity contribution in [2.24, 2.45) is 10.9 Å². The van der Waals surface area contributed by atoms with Gasteiger partial charge in [0.1, 0.15) is 5.82 Å². The van der Waals surface area contributed by atoms with Crippen LogP contribution in [-0.2, 0) is 6.54 Å². The van der Waals surface area contributed by atoms with E-state index >= 15 is 0 Å². The molecule has 1 aliphatic rings. The maximum atomic E-state index is 4.63. The molecule has 1 fully saturated rings. The molecule has 0 unspecified atom stereocenters. The lowest BCUT2D eigenvalue weighted by atomic mass is 9.99. The molecule has 1 saturated heterocycles. The van der Waals surface area contributed by atoms with Gasteiger partial charge in [-0.05, 0) is 63.9 Å². The molecule has 2 aromatic rings. The Kier molecular flexibility index (Phi) is 7.10. The number of guanidine groups is 1. The molecule has 0 bridgehead atoms. The van der Waals surface area contributed by atoms with Crippen molar-refractivity contribution < 1.29 is 0 Å². The predicted molar refractivity (Wildman–Crippen MR) is 113 cm³/mol. The first-order chi connectivity index (χ1) is 13.2. The molecule has 0 atom stereocenters. The second kappa shape index (κ2) is 9.74. The number of likely N-dealkylation sites (tertiary alicyclic amines) is 1. The van der Waals surface area contributed by atoms with Gasteiger partial charge in [0.15, 0.2) is 5.96 Å². The van der Waals surface area contributed by atoms with Gasteiger partial charge < -0.3 is 20.1 Å². The molecule has 3 rings (SSSR count). The maximum absolute atomic E-state index is 4.63. The van der Waals surface area contributed by atoms with Gasteiger partial charge in [-0.3, -0.25) is 4.99 Å². The second-order valence-electron chi connectivity index (χ2n) is 7.60. The van der Waals surface area contributed by atoms with Crippen molar-refractivity contribution in [3.8, 4) is 0 Å². The van der Waals surface area contributed by atoms with E-state index < -0.39 is 0 Å². The number of aryl methyl sites for hydroxylation is 1. The Hall–Kier alpha value is -2.08. The lowest BCUT2D eigenvalue weighted by Crippen LogP contribution is -2.40. The van der Waals surface area contributed by atoms with Crippen LogP contribution in [0.25, 0.3) is 11.0 Å². The summed E-state index contributed by atoms with van der Waals surface area (Å²) in [6.07, 6.45) is 3.85. The van der Waals surface area contributed by atoms with Crippen molar-refractivity contribution in [3.63, 3.8) is 0 Å². The van der Waals surface area contributed by atoms with E-state index in [1.54, 1.807) is 0 Å². The van der Waals surface area contributed by atoms with Crippen molar-refractivity contribution in [1.29, 1.82) is 0 Å². The van der Waals surface area contributed by atoms with Crippen LogP contribution >= 0.6 is 0 Å². The van der Waals surface area contributed by atoms with E-state index in [4.69, 9.17) is 0 Å². The summed E-state index contributed by atoms with van der Waals surface area (Å²) in [5, 5.41) is 6.86. The minimum atomic E-state index is 0.824. The van der Waals surface area contributed by atoms with Crippen LogP contribution in [0.2, 0.25) is 0 Å². The summed E-state index contributed by atoms with van der Waals surface area (Å²) >= 11 is 0. The third-order valence-electron chi connectivity index (χ3n) is 5.52. The number of benzene rings is 1. The highest BCUT2D eigenvalue weighted by molar-refractivity contribution is 5.79. The molecule has 0 aliphatic carbocycles. The fourth-order valence-corrected chi connectivity index (χ4v) is 3.78. The van der Waals surface area contributed by atoms with Crippen molar-refractivity contribution in [3.05, 3.63) is 30.1 Å². The molecule has 148 valence electrons. The highest BCUT2D eigenvalue weighted by atomic mass is 15.2. The van der Waals surface area contributed by atoms with Crippen LogP contribution in [0.15, 0.2) is 29.3 Å². The lowest BCUT2D eigenvalue weighted by Gasteiger charge is -2.30. The Morgan fingerprint density at radius 1 is 1.15 bits per heavy atom. The summed E-state index contributed by atoms with van der Waals surface area (Å²) < 4.78 is 2.26. The number of aromatic nitrogens is 2. The number of aliphatic imine (C=N–C) groups is 1. The van der Waals surface area contributed by atoms with Crippen LogP contribution in [0.3, 0.4) is 0 Å². The third kappa shape index (κ3) is 5.45. The van der Waals surface area contributed by atoms with Gasteiger partial charge in [0.05, 0.1) is 11.0 Å². The topological polar surface area (TPSA) is 57.5 Å². The Bertz CT molecular complexity index is 742. The quantitative estimate of drug-likeness (QED) is 0.447. The zero-order chi connectivity index (χ0) is 19.1. The number of hydrogen-bond acceptors (Lipinski definition) is 3. The zero-order valence-corrected chi connectivity index (χ0v) is 17.0. The first-order valence-electron chi connectivity index (χ1n) is 10.3. The third-order valence-corrected chi connectivity index (χ3v) is 5.52. The number of hydrogen-bond donors (Lipinski definition) is 2. The van der Waals surface area contributed by atoms with Gasteiger partial charge >= 0.3 is 0 Å². The summed E-state index contributed by atoms with van der Waals surface area (Å²) in [6.45, 7) is 10.8. The van der Waals surface area contributed by atoms with Gasteiger partial charge in [0.25, 0.3) is 0 Å². The van der Waals surface area contributed by atoms with Crippen molar-refractivity contribution in [2.75, 3.05) is 39.8 Å². The van der Waals surface area contributed by atoms with Gasteiger partial charge in [0, 0.05) is 26.7 Å². The van der Waals surface area contributed by atoms with Crippen molar-refractivity contribution in [2.45, 2.75) is 39.7 Å². The zero-order valence-electron chi connectivity index (χ0n) is 17.0. The summed E-state index contributed by atoms with van der Waals surface area (Å²) in [5.74, 6) is 2.83. The molecule has 6 nitrogen and oxygen atoms in total. The summed E-state index contributed by atoms with van der Waals surface area (Å²) in [6, 6.07) is 8.30. The molecule has 6 heteroatoms. The van der Waals surface area contributed by atoms with Crippen LogP contribution in [0.5, 0.6) is 0 Å². The van der Waals surface area contributed by atoms with E-state index in [9.17, 15) is 0 Å². The molecule has 0 amide bonds. The lowest BCUT2D eigenvalue weighted by molar-refractivity contribution is 0.191. The molecule has 1 aromatic heterocycles. The molecular formula is C21H34N6. The highest BCUT2D eigenvalue weighted by Crippen LogP contribution is 2.16. The van der Waals surface area contributed by atoms with Crippen LogP contribution in [0.4, 0.5) is 0 Å². The van der Waals surface area contributed by atoms with Crippen molar-refractivity contribution >= 4 is 17.0 Å². The van der Waals surface area contributed by atoms with E-state index in [0.717, 1.165) is 49.3 Å². The second-order valence-corrected chi connectivity index (χ2v) is 7.60. The number of para-hydroxylation sites is 2. The Morgan fingerprint density at radius 2 is 1.89 bits per heavy atom. The number of imidazole rings is 1. The molecule has 2 N–H and O–H groups in total. The Labute approximate surface area is 163 Å². The standard InChI is InChI=1S/C21H34N6/c1-17-9-14-26(15-10-17)13-6-11-23-21(22-3)24-12-16-27-18(2)25-19-7-4-5-8-20(19)27/h4-5,7-8,17H,6,9-16H2,1-3H3,(H2,22,23,24). The van der Waals surface area contributed by atoms with Crippen LogP contribution in [0, 0.1) is 12.8 Å². The monoisotopic (exact) mass is 370 g/mol. The normalized spacial score (nSPS) is 16.8. The Morgan fingerprint density at radius 3 is 2.67 bits per heavy atom. The van der Waals surface area contributed by atoms with Gasteiger partial charge in [0.2, 0.25) is 0 Å². The Balaban J connectivity index is 1.37. The predicted octanol–water partition coefficient (Wildman–Crippen LogP) is 2.63. The fourth-order valence-electron chi connectivity index (χ4n) is 3.78. The number of piperidine rings is 1. The summed E-state index contributed by atoms with van der Waals surface area (Å²) in [4.78, 5) is 11.6. The molecule has 2 heterocycles. The maximum Gasteiger partial charge on any atom is 0.191 e. The average Bonchev–Trinajstić information content (AvgIpc) is 3.00. The van der Waals surface area contributed by atoms with E-state index in [1.165, 1.54) is 38.0 Å². The SMILES string of the molecule is CN=C(NCCCN1CCC(C)CC1)NCCn1c(C)nc2ccccc21. The highest BCUT2D eigenvalue weighted by Gasteiger charge is 2.14. The smallest absolute Gasteiger partial charge is 0.191 e. The molecule has 0 spiro atoms. The van der Waals surface area contributed by atoms with Crippen LogP contribution < -0.4 is 10.6 Å².